The molecule has 24 heavy (non-hydrogen) atoms. The summed E-state index contributed by atoms with van der Waals surface area (Å²) in [5.41, 5.74) is 4.78. The minimum atomic E-state index is 0.701. The van der Waals surface area contributed by atoms with Crippen LogP contribution in [0.4, 0.5) is 5.13 Å². The maximum atomic E-state index is 11.5. The van der Waals surface area contributed by atoms with Crippen molar-refractivity contribution < 1.29 is 9.53 Å². The molecule has 2 aliphatic rings. The Morgan fingerprint density at radius 1 is 1.38 bits per heavy atom. The van der Waals surface area contributed by atoms with E-state index < -0.39 is 0 Å². The zero-order valence-corrected chi connectivity index (χ0v) is 14.6. The summed E-state index contributed by atoms with van der Waals surface area (Å²) in [6.45, 7) is 3.13. The molecule has 126 valence electrons. The summed E-state index contributed by atoms with van der Waals surface area (Å²) >= 11 is 1.49. The molecule has 2 aromatic rings. The van der Waals surface area contributed by atoms with Crippen LogP contribution < -0.4 is 4.90 Å². The summed E-state index contributed by atoms with van der Waals surface area (Å²) in [6, 6.07) is 2.27. The van der Waals surface area contributed by atoms with Crippen molar-refractivity contribution in [1.82, 2.24) is 9.55 Å². The lowest BCUT2D eigenvalue weighted by molar-refractivity contribution is 0.112. The zero-order chi connectivity index (χ0) is 16.5. The number of aromatic nitrogens is 2. The molecule has 5 nitrogen and oxygen atoms in total. The molecule has 1 fully saturated rings. The van der Waals surface area contributed by atoms with Crippen molar-refractivity contribution in [3.8, 4) is 0 Å². The van der Waals surface area contributed by atoms with E-state index in [4.69, 9.17) is 9.72 Å². The van der Waals surface area contributed by atoms with Gasteiger partial charge in [0.05, 0.1) is 23.8 Å². The van der Waals surface area contributed by atoms with E-state index in [1.165, 1.54) is 28.3 Å². The minimum Gasteiger partial charge on any atom is -0.378 e. The van der Waals surface area contributed by atoms with Gasteiger partial charge in [0, 0.05) is 37.9 Å². The molecule has 4 rings (SSSR count). The first-order valence-corrected chi connectivity index (χ1v) is 9.19. The lowest BCUT2D eigenvalue weighted by atomic mass is 10.0. The van der Waals surface area contributed by atoms with Crippen LogP contribution in [0.15, 0.2) is 12.1 Å². The Balaban J connectivity index is 1.62. The van der Waals surface area contributed by atoms with Crippen LogP contribution in [0, 0.1) is 0 Å². The molecule has 0 N–H and O–H groups in total. The van der Waals surface area contributed by atoms with Crippen molar-refractivity contribution >= 4 is 28.8 Å². The van der Waals surface area contributed by atoms with E-state index in [0.29, 0.717) is 6.42 Å². The molecule has 2 aromatic heterocycles. The molecular formula is C18H21N3O2S. The summed E-state index contributed by atoms with van der Waals surface area (Å²) in [6.07, 6.45) is 8.27. The molecule has 0 spiro atoms. The zero-order valence-electron chi connectivity index (χ0n) is 13.8. The van der Waals surface area contributed by atoms with Crippen LogP contribution in [0.5, 0.6) is 0 Å². The third-order valence-electron chi connectivity index (χ3n) is 4.77. The molecule has 1 aliphatic carbocycles. The van der Waals surface area contributed by atoms with E-state index in [1.54, 1.807) is 0 Å². The predicted molar refractivity (Wildman–Crippen MR) is 96.1 cm³/mol. The Kier molecular flexibility index (Phi) is 4.24. The van der Waals surface area contributed by atoms with Gasteiger partial charge < -0.3 is 14.2 Å². The predicted octanol–water partition coefficient (Wildman–Crippen LogP) is 2.68. The molecule has 0 amide bonds. The fourth-order valence-electron chi connectivity index (χ4n) is 3.40. The third-order valence-corrected chi connectivity index (χ3v) is 5.86. The highest BCUT2D eigenvalue weighted by Gasteiger charge is 2.20. The quantitative estimate of drug-likeness (QED) is 0.801. The smallest absolute Gasteiger partial charge is 0.186 e. The first-order chi connectivity index (χ1) is 11.8. The fourth-order valence-corrected chi connectivity index (χ4v) is 4.34. The maximum absolute atomic E-state index is 11.5. The summed E-state index contributed by atoms with van der Waals surface area (Å²) < 4.78 is 7.63. The van der Waals surface area contributed by atoms with Gasteiger partial charge in [0.15, 0.2) is 11.4 Å². The monoisotopic (exact) mass is 343 g/mol. The first-order valence-electron chi connectivity index (χ1n) is 8.38. The van der Waals surface area contributed by atoms with E-state index in [9.17, 15) is 4.79 Å². The number of hydrogen-bond donors (Lipinski definition) is 0. The van der Waals surface area contributed by atoms with Gasteiger partial charge in [0.25, 0.3) is 0 Å². The van der Waals surface area contributed by atoms with E-state index in [0.717, 1.165) is 61.1 Å². The molecule has 0 bridgehead atoms. The van der Waals surface area contributed by atoms with Gasteiger partial charge in [-0.05, 0) is 30.5 Å². The van der Waals surface area contributed by atoms with Crippen molar-refractivity contribution in [1.29, 1.82) is 0 Å². The van der Waals surface area contributed by atoms with Gasteiger partial charge in [-0.3, -0.25) is 4.79 Å². The number of hydrogen-bond acceptors (Lipinski definition) is 5. The van der Waals surface area contributed by atoms with Crippen LogP contribution in [-0.2, 0) is 24.6 Å². The van der Waals surface area contributed by atoms with Crippen molar-refractivity contribution in [3.05, 3.63) is 39.7 Å². The Labute approximate surface area is 145 Å². The van der Waals surface area contributed by atoms with Gasteiger partial charge in [0.1, 0.15) is 0 Å². The summed E-state index contributed by atoms with van der Waals surface area (Å²) in [4.78, 5) is 19.2. The number of carbonyl (C=O) groups excluding carboxylic acids is 1. The Morgan fingerprint density at radius 2 is 2.21 bits per heavy atom. The SMILES string of the molecule is Cn1c(Cc2nc(N3CCOCC3)sc2C=O)cc2c1C=CCC2. The fraction of sp³-hybridized carbons (Fsp3) is 0.444. The number of thiazole rings is 1. The van der Waals surface area contributed by atoms with Crippen molar-refractivity contribution in [2.45, 2.75) is 19.3 Å². The van der Waals surface area contributed by atoms with Crippen LogP contribution in [0.3, 0.4) is 0 Å². The summed E-state index contributed by atoms with van der Waals surface area (Å²) in [7, 11) is 2.10. The Morgan fingerprint density at radius 3 is 2.96 bits per heavy atom. The second-order valence-electron chi connectivity index (χ2n) is 6.25. The number of aryl methyl sites for hydroxylation is 1. The number of fused-ring (bicyclic) bond motifs is 1. The molecule has 0 saturated carbocycles. The summed E-state index contributed by atoms with van der Waals surface area (Å²) in [5, 5.41) is 0.939. The second kappa shape index (κ2) is 6.53. The van der Waals surface area contributed by atoms with Gasteiger partial charge in [-0.15, -0.1) is 0 Å². The highest BCUT2D eigenvalue weighted by molar-refractivity contribution is 7.17. The van der Waals surface area contributed by atoms with Gasteiger partial charge in [-0.25, -0.2) is 4.98 Å². The van der Waals surface area contributed by atoms with Crippen LogP contribution in [0.1, 0.15) is 38.7 Å². The van der Waals surface area contributed by atoms with Crippen molar-refractivity contribution in [3.63, 3.8) is 0 Å². The van der Waals surface area contributed by atoms with E-state index in [1.807, 2.05) is 0 Å². The molecular weight excluding hydrogens is 322 g/mol. The average Bonchev–Trinajstić information content (AvgIpc) is 3.18. The largest absolute Gasteiger partial charge is 0.378 e. The van der Waals surface area contributed by atoms with E-state index >= 15 is 0 Å². The molecule has 1 aliphatic heterocycles. The van der Waals surface area contributed by atoms with Crippen molar-refractivity contribution in [2.75, 3.05) is 31.2 Å². The van der Waals surface area contributed by atoms with Crippen LogP contribution in [-0.4, -0.2) is 42.1 Å². The highest BCUT2D eigenvalue weighted by Crippen LogP contribution is 2.29. The van der Waals surface area contributed by atoms with Crippen LogP contribution in [0.2, 0.25) is 0 Å². The third kappa shape index (κ3) is 2.80. The molecule has 1 saturated heterocycles. The van der Waals surface area contributed by atoms with Gasteiger partial charge >= 0.3 is 0 Å². The normalized spacial score (nSPS) is 17.1. The number of carbonyl (C=O) groups is 1. The van der Waals surface area contributed by atoms with Crippen molar-refractivity contribution in [2.24, 2.45) is 7.05 Å². The molecule has 3 heterocycles. The molecule has 0 radical (unpaired) electrons. The highest BCUT2D eigenvalue weighted by atomic mass is 32.1. The molecule has 0 aromatic carbocycles. The number of morpholine rings is 1. The van der Waals surface area contributed by atoms with Crippen LogP contribution >= 0.6 is 11.3 Å². The van der Waals surface area contributed by atoms with Gasteiger partial charge in [-0.2, -0.15) is 0 Å². The standard InChI is InChI=1S/C18H21N3O2S/c1-20-14(10-13-4-2-3-5-16(13)20)11-15-17(12-22)24-18(19-15)21-6-8-23-9-7-21/h3,5,10,12H,2,4,6-9,11H2,1H3. The first kappa shape index (κ1) is 15.6. The minimum absolute atomic E-state index is 0.701. The Bertz CT molecular complexity index is 785. The second-order valence-corrected chi connectivity index (χ2v) is 7.26. The van der Waals surface area contributed by atoms with Crippen LogP contribution in [0.25, 0.3) is 6.08 Å². The number of rotatable bonds is 4. The summed E-state index contributed by atoms with van der Waals surface area (Å²) in [5.74, 6) is 0. The van der Waals surface area contributed by atoms with Gasteiger partial charge in [0.2, 0.25) is 0 Å². The number of allylic oxidation sites excluding steroid dienone is 1. The number of nitrogens with zero attached hydrogens (tertiary/aromatic N) is 3. The van der Waals surface area contributed by atoms with Gasteiger partial charge in [-0.1, -0.05) is 17.4 Å². The molecule has 0 unspecified atom stereocenters. The molecule has 0 atom stereocenters. The maximum Gasteiger partial charge on any atom is 0.186 e. The number of anilines is 1. The average molecular weight is 343 g/mol. The molecule has 6 heteroatoms. The lowest BCUT2D eigenvalue weighted by Gasteiger charge is -2.26. The Hall–Kier alpha value is -1.92. The number of aldehydes is 1. The number of ether oxygens (including phenoxy) is 1. The van der Waals surface area contributed by atoms with E-state index in [2.05, 4.69) is 34.7 Å². The topological polar surface area (TPSA) is 47.4 Å². The van der Waals surface area contributed by atoms with E-state index in [-0.39, 0.29) is 0 Å². The lowest BCUT2D eigenvalue weighted by Crippen LogP contribution is -2.36.